The second kappa shape index (κ2) is 14.0. The van der Waals surface area contributed by atoms with Crippen LogP contribution in [0.3, 0.4) is 0 Å². The van der Waals surface area contributed by atoms with Crippen molar-refractivity contribution in [3.05, 3.63) is 258 Å². The number of rotatable bonds is 6. The molecule has 0 N–H and O–H groups in total. The summed E-state index contributed by atoms with van der Waals surface area (Å²) in [5, 5.41) is 0. The molecule has 0 atom stereocenters. The van der Waals surface area contributed by atoms with Gasteiger partial charge >= 0.3 is 0 Å². The Labute approximate surface area is 379 Å². The fraction of sp³-hybridized carbons (Fsp3) is 0.0645. The van der Waals surface area contributed by atoms with E-state index in [1.165, 1.54) is 98.8 Å². The molecule has 0 unspecified atom stereocenters. The van der Waals surface area contributed by atoms with Crippen molar-refractivity contribution < 1.29 is 0 Å². The van der Waals surface area contributed by atoms with Crippen molar-refractivity contribution in [1.29, 1.82) is 0 Å². The number of hydrogen-bond donors (Lipinski definition) is 0. The van der Waals surface area contributed by atoms with Crippen molar-refractivity contribution in [2.24, 2.45) is 0 Å². The molecule has 0 bridgehead atoms. The van der Waals surface area contributed by atoms with Crippen molar-refractivity contribution in [2.75, 3.05) is 4.90 Å². The third-order valence-corrected chi connectivity index (χ3v) is 15.6. The van der Waals surface area contributed by atoms with Crippen molar-refractivity contribution in [1.82, 2.24) is 0 Å². The van der Waals surface area contributed by atoms with Crippen LogP contribution < -0.4 is 4.90 Å². The van der Waals surface area contributed by atoms with Gasteiger partial charge in [-0.2, -0.15) is 0 Å². The van der Waals surface area contributed by atoms with Crippen LogP contribution >= 0.6 is 11.3 Å². The lowest BCUT2D eigenvalue weighted by Gasteiger charge is -2.31. The smallest absolute Gasteiger partial charge is 0.0740 e. The molecule has 2 heteroatoms. The number of nitrogens with zero attached hydrogens (tertiary/aromatic N) is 1. The summed E-state index contributed by atoms with van der Waals surface area (Å²) in [5.41, 5.74) is 24.0. The van der Waals surface area contributed by atoms with Gasteiger partial charge in [0.1, 0.15) is 0 Å². The monoisotopic (exact) mass is 833 g/mol. The van der Waals surface area contributed by atoms with E-state index >= 15 is 0 Å². The molecule has 0 fully saturated rings. The Hall–Kier alpha value is -7.52. The quantitative estimate of drug-likeness (QED) is 0.161. The van der Waals surface area contributed by atoms with Gasteiger partial charge in [0, 0.05) is 37.8 Å². The van der Waals surface area contributed by atoms with Crippen molar-refractivity contribution in [3.8, 4) is 65.4 Å². The molecule has 0 radical (unpaired) electrons. The van der Waals surface area contributed by atoms with Gasteiger partial charge in [-0.3, -0.25) is 0 Å². The van der Waals surface area contributed by atoms with Gasteiger partial charge in [0.05, 0.1) is 5.41 Å². The highest BCUT2D eigenvalue weighted by Gasteiger charge is 2.54. The van der Waals surface area contributed by atoms with Crippen molar-refractivity contribution in [2.45, 2.75) is 24.7 Å². The Balaban J connectivity index is 1.01. The van der Waals surface area contributed by atoms with E-state index in [4.69, 9.17) is 0 Å². The molecule has 1 aromatic heterocycles. The maximum absolute atomic E-state index is 2.44. The molecule has 1 nitrogen and oxygen atoms in total. The minimum absolute atomic E-state index is 0.115. The molecule has 0 saturated heterocycles. The van der Waals surface area contributed by atoms with Gasteiger partial charge in [0.2, 0.25) is 0 Å². The molecule has 0 saturated carbocycles. The predicted octanol–water partition coefficient (Wildman–Crippen LogP) is 16.9. The van der Waals surface area contributed by atoms with Crippen LogP contribution in [0.5, 0.6) is 0 Å². The Morgan fingerprint density at radius 2 is 0.734 bits per heavy atom. The Kier molecular flexibility index (Phi) is 8.11. The average Bonchev–Trinajstić information content (AvgIpc) is 4.05. The highest BCUT2D eigenvalue weighted by atomic mass is 32.1. The first-order chi connectivity index (χ1) is 31.5. The molecule has 64 heavy (non-hydrogen) atoms. The second-order valence-corrected chi connectivity index (χ2v) is 19.0. The van der Waals surface area contributed by atoms with Gasteiger partial charge in [-0.05, 0) is 120 Å². The van der Waals surface area contributed by atoms with E-state index in [0.717, 1.165) is 17.1 Å². The average molecular weight is 834 g/mol. The normalized spacial score (nSPS) is 14.0. The first kappa shape index (κ1) is 37.1. The molecule has 3 aliphatic rings. The summed E-state index contributed by atoms with van der Waals surface area (Å²) in [7, 11) is 0. The van der Waals surface area contributed by atoms with Crippen LogP contribution in [0.4, 0.5) is 17.1 Å². The Bertz CT molecular complexity index is 3400. The van der Waals surface area contributed by atoms with E-state index in [1.807, 2.05) is 11.3 Å². The van der Waals surface area contributed by atoms with Crippen molar-refractivity contribution in [3.63, 3.8) is 0 Å². The maximum atomic E-state index is 2.44. The number of hydrogen-bond acceptors (Lipinski definition) is 2. The van der Waals surface area contributed by atoms with Crippen LogP contribution in [0.2, 0.25) is 0 Å². The molecule has 9 aromatic carbocycles. The van der Waals surface area contributed by atoms with E-state index < -0.39 is 5.41 Å². The van der Waals surface area contributed by atoms with E-state index in [0.29, 0.717) is 0 Å². The Morgan fingerprint density at radius 1 is 0.328 bits per heavy atom. The standard InChI is InChI=1S/C62H43NS/c1-61(2)52-25-13-9-21-47(52)50-38-37-46(39-56(50)61)63(44-33-29-41(30-34-44)40-17-5-3-6-18-40)45-35-31-43(32-36-45)60-58-57(59(64-60)42-19-7-4-8-20-42)51-24-12-16-28-55(51)62(58)53-26-14-10-22-48(53)49-23-11-15-27-54(49)62/h3-39H,1-2H3. The highest BCUT2D eigenvalue weighted by molar-refractivity contribution is 7.19. The molecule has 1 spiro atoms. The van der Waals surface area contributed by atoms with E-state index in [1.54, 1.807) is 0 Å². The lowest BCUT2D eigenvalue weighted by atomic mass is 9.70. The minimum Gasteiger partial charge on any atom is -0.310 e. The lowest BCUT2D eigenvalue weighted by Crippen LogP contribution is -2.26. The summed E-state index contributed by atoms with van der Waals surface area (Å²) >= 11 is 1.94. The molecule has 10 aromatic rings. The topological polar surface area (TPSA) is 3.24 Å². The summed E-state index contributed by atoms with van der Waals surface area (Å²) in [4.78, 5) is 5.08. The number of benzene rings is 9. The largest absolute Gasteiger partial charge is 0.310 e. The summed E-state index contributed by atoms with van der Waals surface area (Å²) in [5.74, 6) is 0. The van der Waals surface area contributed by atoms with Gasteiger partial charge in [0.25, 0.3) is 0 Å². The Morgan fingerprint density at radius 3 is 1.33 bits per heavy atom. The molecular formula is C62H43NS. The zero-order valence-corrected chi connectivity index (χ0v) is 36.5. The fourth-order valence-electron chi connectivity index (χ4n) is 11.5. The molecule has 0 aliphatic heterocycles. The minimum atomic E-state index is -0.446. The highest BCUT2D eigenvalue weighted by Crippen LogP contribution is 2.68. The van der Waals surface area contributed by atoms with E-state index in [2.05, 4.69) is 243 Å². The van der Waals surface area contributed by atoms with Gasteiger partial charge in [-0.25, -0.2) is 0 Å². The summed E-state index contributed by atoms with van der Waals surface area (Å²) in [6, 6.07) is 83.6. The first-order valence-electron chi connectivity index (χ1n) is 22.3. The SMILES string of the molecule is CC1(C)c2ccccc2-c2ccc(N(c3ccc(-c4ccccc4)cc3)c3ccc(-c4sc(-c5ccccc5)c5c4C4(c6ccccc6-c6ccccc64)c4ccccc4-5)cc3)cc21. The molecular weight excluding hydrogens is 791 g/mol. The molecule has 3 aliphatic carbocycles. The summed E-state index contributed by atoms with van der Waals surface area (Å²) in [6.07, 6.45) is 0. The molecule has 302 valence electrons. The van der Waals surface area contributed by atoms with E-state index in [-0.39, 0.29) is 5.41 Å². The number of anilines is 3. The molecule has 0 amide bonds. The van der Waals surface area contributed by atoms with Crippen molar-refractivity contribution >= 4 is 28.4 Å². The van der Waals surface area contributed by atoms with Crippen LogP contribution in [0.1, 0.15) is 47.2 Å². The van der Waals surface area contributed by atoms with Crippen LogP contribution in [0.15, 0.2) is 224 Å². The lowest BCUT2D eigenvalue weighted by molar-refractivity contribution is 0.660. The van der Waals surface area contributed by atoms with Crippen LogP contribution in [-0.2, 0) is 10.8 Å². The van der Waals surface area contributed by atoms with Crippen LogP contribution in [-0.4, -0.2) is 0 Å². The van der Waals surface area contributed by atoms with Crippen LogP contribution in [0.25, 0.3) is 65.4 Å². The molecule has 1 heterocycles. The second-order valence-electron chi connectivity index (χ2n) is 18.0. The first-order valence-corrected chi connectivity index (χ1v) is 23.2. The maximum Gasteiger partial charge on any atom is 0.0740 e. The van der Waals surface area contributed by atoms with E-state index in [9.17, 15) is 0 Å². The molecule has 13 rings (SSSR count). The summed E-state index contributed by atoms with van der Waals surface area (Å²) < 4.78 is 0. The number of fused-ring (bicyclic) bond motifs is 13. The third kappa shape index (κ3) is 5.18. The summed E-state index contributed by atoms with van der Waals surface area (Å²) in [6.45, 7) is 4.73. The van der Waals surface area contributed by atoms with Gasteiger partial charge in [-0.1, -0.05) is 202 Å². The number of thiophene rings is 1. The zero-order valence-electron chi connectivity index (χ0n) is 35.7. The predicted molar refractivity (Wildman–Crippen MR) is 269 cm³/mol. The van der Waals surface area contributed by atoms with Gasteiger partial charge < -0.3 is 4.90 Å². The van der Waals surface area contributed by atoms with Gasteiger partial charge in [-0.15, -0.1) is 11.3 Å². The zero-order chi connectivity index (χ0) is 42.6. The third-order valence-electron chi connectivity index (χ3n) is 14.3. The van der Waals surface area contributed by atoms with Gasteiger partial charge in [0.15, 0.2) is 0 Å². The van der Waals surface area contributed by atoms with Crippen LogP contribution in [0, 0.1) is 0 Å². The fourth-order valence-corrected chi connectivity index (χ4v) is 12.9.